The molecule has 21 heavy (non-hydrogen) atoms. The fourth-order valence-corrected chi connectivity index (χ4v) is 1.56. The van der Waals surface area contributed by atoms with Gasteiger partial charge < -0.3 is 30.1 Å². The van der Waals surface area contributed by atoms with E-state index in [9.17, 15) is 14.4 Å². The van der Waals surface area contributed by atoms with E-state index in [4.69, 9.17) is 25.2 Å². The van der Waals surface area contributed by atoms with Gasteiger partial charge in [-0.1, -0.05) is 0 Å². The molecular weight excluding hydrogens is 286 g/mol. The summed E-state index contributed by atoms with van der Waals surface area (Å²) in [4.78, 5) is 32.4. The number of hydrogen-bond acceptors (Lipinski definition) is 6. The molecule has 0 aromatic heterocycles. The number of nitrogens with zero attached hydrogens (tertiary/aromatic N) is 1. The second kappa shape index (κ2) is 9.94. The number of aliphatic carboxylic acids is 2. The molecule has 0 aliphatic carbocycles. The van der Waals surface area contributed by atoms with Gasteiger partial charge in [0, 0.05) is 13.1 Å². The molecule has 1 fully saturated rings. The summed E-state index contributed by atoms with van der Waals surface area (Å²) in [6.07, 6.45) is -1.18. The van der Waals surface area contributed by atoms with Crippen molar-refractivity contribution in [2.75, 3.05) is 19.7 Å². The number of aliphatic hydroxyl groups excluding tert-OH is 2. The third-order valence-electron chi connectivity index (χ3n) is 2.69. The molecule has 9 heteroatoms. The van der Waals surface area contributed by atoms with Gasteiger partial charge in [0.2, 0.25) is 0 Å². The number of piperidine rings is 1. The van der Waals surface area contributed by atoms with Crippen LogP contribution >= 0.6 is 0 Å². The van der Waals surface area contributed by atoms with Crippen LogP contribution < -0.4 is 0 Å². The van der Waals surface area contributed by atoms with E-state index in [-0.39, 0.29) is 6.09 Å². The Morgan fingerprint density at radius 3 is 1.76 bits per heavy atom. The van der Waals surface area contributed by atoms with Crippen LogP contribution in [0, 0.1) is 0 Å². The number of carboxylic acid groups (broad SMARTS) is 2. The first-order chi connectivity index (χ1) is 9.81. The first kappa shape index (κ1) is 19.1. The van der Waals surface area contributed by atoms with Gasteiger partial charge in [-0.25, -0.2) is 14.4 Å². The quantitative estimate of drug-likeness (QED) is 0.544. The maximum Gasteiger partial charge on any atom is 0.409 e. The number of carboxylic acids is 2. The zero-order valence-corrected chi connectivity index (χ0v) is 11.8. The Morgan fingerprint density at radius 2 is 1.43 bits per heavy atom. The van der Waals surface area contributed by atoms with E-state index in [0.29, 0.717) is 6.61 Å². The van der Waals surface area contributed by atoms with Crippen LogP contribution in [0.2, 0.25) is 0 Å². The van der Waals surface area contributed by atoms with Crippen molar-refractivity contribution in [1.82, 2.24) is 4.90 Å². The third kappa shape index (κ3) is 7.47. The smallest absolute Gasteiger partial charge is 0.409 e. The molecule has 1 rings (SSSR count). The van der Waals surface area contributed by atoms with Gasteiger partial charge in [-0.05, 0) is 26.2 Å². The summed E-state index contributed by atoms with van der Waals surface area (Å²) in [5.41, 5.74) is 0. The molecule has 0 aromatic rings. The molecule has 2 unspecified atom stereocenters. The number of carbonyl (C=O) groups excluding carboxylic acids is 1. The van der Waals surface area contributed by atoms with E-state index in [1.165, 1.54) is 6.42 Å². The van der Waals surface area contributed by atoms with Crippen molar-refractivity contribution in [3.05, 3.63) is 0 Å². The zero-order valence-electron chi connectivity index (χ0n) is 11.8. The highest BCUT2D eigenvalue weighted by Crippen LogP contribution is 2.09. The van der Waals surface area contributed by atoms with Crippen LogP contribution in [0.4, 0.5) is 4.79 Å². The van der Waals surface area contributed by atoms with E-state index >= 15 is 0 Å². The summed E-state index contributed by atoms with van der Waals surface area (Å²) in [6, 6.07) is 0. The molecule has 0 radical (unpaired) electrons. The highest BCUT2D eigenvalue weighted by Gasteiger charge is 2.29. The third-order valence-corrected chi connectivity index (χ3v) is 2.69. The molecule has 1 aliphatic rings. The van der Waals surface area contributed by atoms with E-state index in [1.807, 2.05) is 6.92 Å². The Hall–Kier alpha value is -1.87. The summed E-state index contributed by atoms with van der Waals surface area (Å²) in [6.45, 7) is 4.06. The van der Waals surface area contributed by atoms with Crippen LogP contribution in [0.15, 0.2) is 0 Å². The second-order valence-electron chi connectivity index (χ2n) is 4.31. The number of ether oxygens (including phenoxy) is 1. The maximum atomic E-state index is 11.1. The van der Waals surface area contributed by atoms with Gasteiger partial charge in [0.1, 0.15) is 0 Å². The average molecular weight is 307 g/mol. The van der Waals surface area contributed by atoms with Gasteiger partial charge in [0.05, 0.1) is 6.61 Å². The molecule has 1 saturated heterocycles. The highest BCUT2D eigenvalue weighted by atomic mass is 16.6. The molecule has 0 aromatic carbocycles. The Morgan fingerprint density at radius 1 is 1.00 bits per heavy atom. The van der Waals surface area contributed by atoms with Crippen molar-refractivity contribution >= 4 is 18.0 Å². The Kier molecular flexibility index (Phi) is 9.06. The standard InChI is InChI=1S/C8H15NO2.C4H6O6/c1-2-11-8(10)9-6-4-3-5-7-9;5-1(3(7)8)2(6)4(9)10/h2-7H2,1H3;1-2,5-6H,(H,7,8)(H,9,10). The van der Waals surface area contributed by atoms with Crippen LogP contribution in [0.1, 0.15) is 26.2 Å². The fraction of sp³-hybridized carbons (Fsp3) is 0.750. The largest absolute Gasteiger partial charge is 0.479 e. The Labute approximate surface area is 121 Å². The van der Waals surface area contributed by atoms with Crippen LogP contribution in [0.25, 0.3) is 0 Å². The lowest BCUT2D eigenvalue weighted by Gasteiger charge is -2.25. The molecule has 1 heterocycles. The molecule has 0 saturated carbocycles. The van der Waals surface area contributed by atoms with Gasteiger partial charge in [-0.15, -0.1) is 0 Å². The number of rotatable bonds is 4. The topological polar surface area (TPSA) is 145 Å². The lowest BCUT2D eigenvalue weighted by Crippen LogP contribution is -2.39. The summed E-state index contributed by atoms with van der Waals surface area (Å²) in [5.74, 6) is -3.54. The normalized spacial score (nSPS) is 17.0. The SMILES string of the molecule is CCOC(=O)N1CCCCC1.O=C(O)C(O)C(O)C(=O)O. The summed E-state index contributed by atoms with van der Waals surface area (Å²) in [5, 5.41) is 32.5. The molecule has 1 amide bonds. The monoisotopic (exact) mass is 307 g/mol. The van der Waals surface area contributed by atoms with Crippen molar-refractivity contribution in [2.45, 2.75) is 38.4 Å². The van der Waals surface area contributed by atoms with E-state index < -0.39 is 24.1 Å². The van der Waals surface area contributed by atoms with Crippen molar-refractivity contribution in [1.29, 1.82) is 0 Å². The maximum absolute atomic E-state index is 11.1. The van der Waals surface area contributed by atoms with Gasteiger partial charge in [0.25, 0.3) is 0 Å². The number of carbonyl (C=O) groups is 3. The minimum absolute atomic E-state index is 0.146. The van der Waals surface area contributed by atoms with E-state index in [0.717, 1.165) is 25.9 Å². The number of hydrogen-bond donors (Lipinski definition) is 4. The van der Waals surface area contributed by atoms with Gasteiger partial charge in [0.15, 0.2) is 12.2 Å². The van der Waals surface area contributed by atoms with Crippen LogP contribution in [0.5, 0.6) is 0 Å². The number of likely N-dealkylation sites (tertiary alicyclic amines) is 1. The molecule has 9 nitrogen and oxygen atoms in total. The molecule has 0 spiro atoms. The molecule has 0 bridgehead atoms. The Bertz CT molecular complexity index is 335. The van der Waals surface area contributed by atoms with Gasteiger partial charge >= 0.3 is 18.0 Å². The highest BCUT2D eigenvalue weighted by molar-refractivity contribution is 5.83. The lowest BCUT2D eigenvalue weighted by molar-refractivity contribution is -0.165. The predicted octanol–water partition coefficient (Wildman–Crippen LogP) is -0.494. The van der Waals surface area contributed by atoms with Crippen LogP contribution in [-0.4, -0.2) is 75.3 Å². The van der Waals surface area contributed by atoms with E-state index in [1.54, 1.807) is 4.90 Å². The second-order valence-corrected chi connectivity index (χ2v) is 4.31. The number of amides is 1. The van der Waals surface area contributed by atoms with Gasteiger partial charge in [-0.3, -0.25) is 0 Å². The van der Waals surface area contributed by atoms with Gasteiger partial charge in [-0.2, -0.15) is 0 Å². The minimum Gasteiger partial charge on any atom is -0.479 e. The van der Waals surface area contributed by atoms with Crippen molar-refractivity contribution < 1.29 is 39.5 Å². The first-order valence-electron chi connectivity index (χ1n) is 6.54. The van der Waals surface area contributed by atoms with Crippen molar-refractivity contribution in [3.8, 4) is 0 Å². The minimum atomic E-state index is -2.27. The first-order valence-corrected chi connectivity index (χ1v) is 6.54. The Balaban J connectivity index is 0.000000384. The summed E-state index contributed by atoms with van der Waals surface area (Å²) >= 11 is 0. The lowest BCUT2D eigenvalue weighted by atomic mass is 10.1. The van der Waals surface area contributed by atoms with Crippen molar-refractivity contribution in [3.63, 3.8) is 0 Å². The predicted molar refractivity (Wildman–Crippen MR) is 69.7 cm³/mol. The molecular formula is C12H21NO8. The van der Waals surface area contributed by atoms with Crippen molar-refractivity contribution in [2.24, 2.45) is 0 Å². The fourth-order valence-electron chi connectivity index (χ4n) is 1.56. The number of aliphatic hydroxyl groups is 2. The van der Waals surface area contributed by atoms with Crippen LogP contribution in [-0.2, 0) is 14.3 Å². The molecule has 4 N–H and O–H groups in total. The molecule has 2 atom stereocenters. The van der Waals surface area contributed by atoms with Crippen LogP contribution in [0.3, 0.4) is 0 Å². The summed E-state index contributed by atoms with van der Waals surface area (Å²) in [7, 11) is 0. The molecule has 122 valence electrons. The zero-order chi connectivity index (χ0) is 16.4. The van der Waals surface area contributed by atoms with E-state index in [2.05, 4.69) is 0 Å². The average Bonchev–Trinajstić information content (AvgIpc) is 2.47. The summed E-state index contributed by atoms with van der Waals surface area (Å²) < 4.78 is 4.87. The molecule has 1 aliphatic heterocycles.